The monoisotopic (exact) mass is 265 g/mol. The summed E-state index contributed by atoms with van der Waals surface area (Å²) in [5.41, 5.74) is 7.95. The van der Waals surface area contributed by atoms with Gasteiger partial charge in [-0.3, -0.25) is 4.98 Å². The van der Waals surface area contributed by atoms with Crippen LogP contribution < -0.4 is 10.6 Å². The van der Waals surface area contributed by atoms with Gasteiger partial charge in [0.25, 0.3) is 0 Å². The van der Waals surface area contributed by atoms with Crippen LogP contribution in [0, 0.1) is 0 Å². The molecule has 20 heavy (non-hydrogen) atoms. The van der Waals surface area contributed by atoms with Gasteiger partial charge in [-0.15, -0.1) is 0 Å². The molecular weight excluding hydrogens is 250 g/mol. The van der Waals surface area contributed by atoms with E-state index in [1.54, 1.807) is 6.20 Å². The number of fused-ring (bicyclic) bond motifs is 1. The zero-order chi connectivity index (χ0) is 13.9. The Morgan fingerprint density at radius 3 is 2.75 bits per heavy atom. The molecule has 0 spiro atoms. The molecule has 0 atom stereocenters. The molecule has 2 heterocycles. The summed E-state index contributed by atoms with van der Waals surface area (Å²) in [7, 11) is 1.94. The van der Waals surface area contributed by atoms with Gasteiger partial charge in [-0.1, -0.05) is 18.2 Å². The molecule has 0 aliphatic carbocycles. The first-order valence-corrected chi connectivity index (χ1v) is 6.36. The van der Waals surface area contributed by atoms with Crippen molar-refractivity contribution in [2.45, 2.75) is 6.54 Å². The predicted molar refractivity (Wildman–Crippen MR) is 80.3 cm³/mol. The van der Waals surface area contributed by atoms with Crippen LogP contribution in [0.25, 0.3) is 10.9 Å². The highest BCUT2D eigenvalue weighted by Gasteiger charge is 2.09. The summed E-state index contributed by atoms with van der Waals surface area (Å²) in [5, 5.41) is 0.881. The molecule has 0 aliphatic rings. The first-order chi connectivity index (χ1) is 9.74. The smallest absolute Gasteiger partial charge is 0.227 e. The first kappa shape index (κ1) is 12.3. The van der Waals surface area contributed by atoms with Crippen LogP contribution in [0.4, 0.5) is 11.8 Å². The predicted octanol–water partition coefficient (Wildman–Crippen LogP) is 2.24. The number of nitrogen functional groups attached to an aromatic ring is 1. The van der Waals surface area contributed by atoms with E-state index in [9.17, 15) is 0 Å². The molecule has 0 radical (unpaired) electrons. The van der Waals surface area contributed by atoms with E-state index in [1.807, 2.05) is 54.5 Å². The number of nitrogens with two attached hydrogens (primary N) is 1. The van der Waals surface area contributed by atoms with Crippen molar-refractivity contribution in [3.63, 3.8) is 0 Å². The highest BCUT2D eigenvalue weighted by Crippen LogP contribution is 2.21. The Bertz CT molecular complexity index is 727. The highest BCUT2D eigenvalue weighted by atomic mass is 15.2. The fourth-order valence-corrected chi connectivity index (χ4v) is 2.10. The molecule has 0 saturated heterocycles. The molecule has 3 rings (SSSR count). The van der Waals surface area contributed by atoms with Crippen molar-refractivity contribution >= 4 is 22.7 Å². The normalized spacial score (nSPS) is 10.7. The van der Waals surface area contributed by atoms with E-state index in [4.69, 9.17) is 5.73 Å². The maximum Gasteiger partial charge on any atom is 0.227 e. The van der Waals surface area contributed by atoms with Gasteiger partial charge in [0.2, 0.25) is 5.95 Å². The highest BCUT2D eigenvalue weighted by molar-refractivity contribution is 5.88. The summed E-state index contributed by atoms with van der Waals surface area (Å²) in [6.07, 6.45) is 3.59. The van der Waals surface area contributed by atoms with Crippen molar-refractivity contribution in [2.75, 3.05) is 17.7 Å². The Kier molecular flexibility index (Phi) is 3.16. The molecule has 0 amide bonds. The number of aromatic nitrogens is 3. The van der Waals surface area contributed by atoms with Crippen LogP contribution in [-0.2, 0) is 6.54 Å². The van der Waals surface area contributed by atoms with Gasteiger partial charge >= 0.3 is 0 Å². The number of nitrogens with zero attached hydrogens (tertiary/aromatic N) is 4. The Hall–Kier alpha value is -2.69. The number of para-hydroxylation sites is 1. The van der Waals surface area contributed by atoms with Gasteiger partial charge in [-0.05, 0) is 23.8 Å². The molecule has 2 N–H and O–H groups in total. The van der Waals surface area contributed by atoms with Crippen molar-refractivity contribution in [1.29, 1.82) is 0 Å². The second-order valence-electron chi connectivity index (χ2n) is 4.64. The second kappa shape index (κ2) is 5.13. The molecule has 5 heteroatoms. The molecule has 100 valence electrons. The van der Waals surface area contributed by atoms with E-state index in [1.165, 1.54) is 0 Å². The number of pyridine rings is 1. The van der Waals surface area contributed by atoms with Crippen LogP contribution in [0.3, 0.4) is 0 Å². The van der Waals surface area contributed by atoms with Crippen LogP contribution >= 0.6 is 0 Å². The van der Waals surface area contributed by atoms with Crippen molar-refractivity contribution in [3.8, 4) is 0 Å². The Balaban J connectivity index is 1.93. The van der Waals surface area contributed by atoms with Crippen molar-refractivity contribution < 1.29 is 0 Å². The van der Waals surface area contributed by atoms with Gasteiger partial charge in [0.05, 0.1) is 5.52 Å². The first-order valence-electron chi connectivity index (χ1n) is 6.36. The molecule has 1 aromatic carbocycles. The topological polar surface area (TPSA) is 67.9 Å². The molecule has 0 saturated carbocycles. The molecule has 0 fully saturated rings. The van der Waals surface area contributed by atoms with E-state index < -0.39 is 0 Å². The van der Waals surface area contributed by atoms with Crippen molar-refractivity contribution in [3.05, 3.63) is 54.4 Å². The maximum absolute atomic E-state index is 6.00. The van der Waals surface area contributed by atoms with E-state index in [0.717, 1.165) is 16.5 Å². The van der Waals surface area contributed by atoms with Crippen LogP contribution in [0.5, 0.6) is 0 Å². The summed E-state index contributed by atoms with van der Waals surface area (Å²) in [6.45, 7) is 0.686. The number of hydrogen-bond donors (Lipinski definition) is 1. The molecule has 0 unspecified atom stereocenters. The quantitative estimate of drug-likeness (QED) is 0.786. The lowest BCUT2D eigenvalue weighted by Crippen LogP contribution is -2.19. The average molecular weight is 265 g/mol. The van der Waals surface area contributed by atoms with E-state index in [2.05, 4.69) is 15.0 Å². The molecule has 0 aliphatic heterocycles. The third-order valence-electron chi connectivity index (χ3n) is 3.10. The fraction of sp³-hybridized carbons (Fsp3) is 0.133. The Morgan fingerprint density at radius 2 is 1.95 bits per heavy atom. The minimum Gasteiger partial charge on any atom is -0.383 e. The van der Waals surface area contributed by atoms with Gasteiger partial charge in [0.15, 0.2) is 0 Å². The maximum atomic E-state index is 6.00. The Morgan fingerprint density at radius 1 is 1.10 bits per heavy atom. The summed E-state index contributed by atoms with van der Waals surface area (Å²) in [4.78, 5) is 15.0. The van der Waals surface area contributed by atoms with E-state index in [-0.39, 0.29) is 0 Å². The number of rotatable bonds is 3. The van der Waals surface area contributed by atoms with E-state index in [0.29, 0.717) is 18.3 Å². The zero-order valence-corrected chi connectivity index (χ0v) is 11.2. The summed E-state index contributed by atoms with van der Waals surface area (Å²) >= 11 is 0. The van der Waals surface area contributed by atoms with Crippen molar-refractivity contribution in [2.24, 2.45) is 0 Å². The lowest BCUT2D eigenvalue weighted by Gasteiger charge is -2.17. The lowest BCUT2D eigenvalue weighted by molar-refractivity contribution is 0.870. The minimum absolute atomic E-state index is 0.503. The number of hydrogen-bond acceptors (Lipinski definition) is 5. The molecule has 2 aromatic heterocycles. The van der Waals surface area contributed by atoms with Crippen LogP contribution in [0.2, 0.25) is 0 Å². The van der Waals surface area contributed by atoms with Gasteiger partial charge in [0, 0.05) is 31.4 Å². The van der Waals surface area contributed by atoms with Crippen LogP contribution in [0.15, 0.2) is 48.8 Å². The minimum atomic E-state index is 0.503. The zero-order valence-electron chi connectivity index (χ0n) is 11.2. The van der Waals surface area contributed by atoms with Crippen LogP contribution in [-0.4, -0.2) is 22.0 Å². The summed E-state index contributed by atoms with van der Waals surface area (Å²) in [5.74, 6) is 1.12. The largest absolute Gasteiger partial charge is 0.383 e. The van der Waals surface area contributed by atoms with Crippen LogP contribution in [0.1, 0.15) is 5.56 Å². The van der Waals surface area contributed by atoms with Gasteiger partial charge in [-0.25, -0.2) is 4.98 Å². The van der Waals surface area contributed by atoms with Gasteiger partial charge in [-0.2, -0.15) is 4.98 Å². The molecule has 3 aromatic rings. The van der Waals surface area contributed by atoms with Gasteiger partial charge < -0.3 is 10.6 Å². The van der Waals surface area contributed by atoms with E-state index >= 15 is 0 Å². The summed E-state index contributed by atoms with van der Waals surface area (Å²) < 4.78 is 0. The Labute approximate surface area is 117 Å². The third kappa shape index (κ3) is 2.38. The SMILES string of the molecule is CN(Cc1cccnc1)c1nc(N)c2ccccc2n1. The molecule has 5 nitrogen and oxygen atoms in total. The third-order valence-corrected chi connectivity index (χ3v) is 3.10. The molecule has 0 bridgehead atoms. The molecular formula is C15H15N5. The fourth-order valence-electron chi connectivity index (χ4n) is 2.10. The second-order valence-corrected chi connectivity index (χ2v) is 4.64. The van der Waals surface area contributed by atoms with Gasteiger partial charge in [0.1, 0.15) is 5.82 Å². The number of benzene rings is 1. The van der Waals surface area contributed by atoms with Crippen molar-refractivity contribution in [1.82, 2.24) is 15.0 Å². The summed E-state index contributed by atoms with van der Waals surface area (Å²) in [6, 6.07) is 11.7. The lowest BCUT2D eigenvalue weighted by atomic mass is 10.2. The number of anilines is 2. The average Bonchev–Trinajstić information content (AvgIpc) is 2.48. The standard InChI is InChI=1S/C15H15N5/c1-20(10-11-5-4-8-17-9-11)15-18-13-7-3-2-6-12(13)14(16)19-15/h2-9H,10H2,1H3,(H2,16,18,19).